The molecule has 5 rings (SSSR count). The quantitative estimate of drug-likeness (QED) is 0.517. The van der Waals surface area contributed by atoms with E-state index in [9.17, 15) is 0 Å². The average molecular weight is 415 g/mol. The summed E-state index contributed by atoms with van der Waals surface area (Å²) in [6.45, 7) is 0. The second-order valence-electron chi connectivity index (χ2n) is 6.16. The van der Waals surface area contributed by atoms with Gasteiger partial charge in [0.2, 0.25) is 0 Å². The van der Waals surface area contributed by atoms with Crippen LogP contribution < -0.4 is 24.8 Å². The van der Waals surface area contributed by atoms with Crippen molar-refractivity contribution in [2.24, 2.45) is 0 Å². The van der Waals surface area contributed by atoms with Crippen LogP contribution in [0.25, 0.3) is 26.5 Å². The van der Waals surface area contributed by atoms with Gasteiger partial charge in [0.1, 0.15) is 0 Å². The van der Waals surface area contributed by atoms with Gasteiger partial charge in [-0.1, -0.05) is 0 Å². The van der Waals surface area contributed by atoms with Gasteiger partial charge in [0, 0.05) is 0 Å². The molecule has 1 heterocycles. The summed E-state index contributed by atoms with van der Waals surface area (Å²) in [4.78, 5) is 4.64. The number of nitrogens with zero attached hydrogens (tertiary/aromatic N) is 1. The molecule has 0 N–H and O–H groups in total. The number of halogens is 2. The maximum atomic E-state index is 4.64. The second-order valence-corrected chi connectivity index (χ2v) is 6.79. The van der Waals surface area contributed by atoms with E-state index in [0.29, 0.717) is 5.92 Å². The van der Waals surface area contributed by atoms with Crippen molar-refractivity contribution in [1.29, 1.82) is 0 Å². The van der Waals surface area contributed by atoms with Gasteiger partial charge in [-0.05, 0) is 0 Å². The van der Waals surface area contributed by atoms with E-state index in [2.05, 4.69) is 88.0 Å². The summed E-state index contributed by atoms with van der Waals surface area (Å²) in [5.74, 6) is 0.365. The molecule has 2 aromatic carbocycles. The van der Waals surface area contributed by atoms with Crippen LogP contribution in [0, 0.1) is 0 Å². The Labute approximate surface area is 173 Å². The molecule has 0 amide bonds. The number of hydrogen-bond acceptors (Lipinski definition) is 1. The molecular formula is C22H14Cl2CrN. The molecule has 2 aliphatic carbocycles. The molecule has 0 fully saturated rings. The van der Waals surface area contributed by atoms with Gasteiger partial charge in [0.05, 0.1) is 0 Å². The standard InChI is InChI=1S/C22H14N.2ClH.Cr/c1-2-9-17-16(6-1)14-21-18(17)10-4-11-19(21)20-12-3-7-15-8-5-13-23-22(15)20;;;/h1-13,17H;2*1H;/q;;;+2/p-2. The van der Waals surface area contributed by atoms with Gasteiger partial charge in [0.25, 0.3) is 0 Å². The zero-order valence-electron chi connectivity index (χ0n) is 13.7. The first-order valence-electron chi connectivity index (χ1n) is 8.08. The van der Waals surface area contributed by atoms with E-state index in [1.54, 1.807) is 0 Å². The molecule has 1 unspecified atom stereocenters. The fourth-order valence-electron chi connectivity index (χ4n) is 3.80. The zero-order chi connectivity index (χ0) is 16.1. The number of pyridine rings is 1. The van der Waals surface area contributed by atoms with Gasteiger partial charge in [-0.2, -0.15) is 0 Å². The van der Waals surface area contributed by atoms with Crippen molar-refractivity contribution in [1.82, 2.24) is 4.98 Å². The Morgan fingerprint density at radius 3 is 2.50 bits per heavy atom. The number of hydrogen-bond donors (Lipinski definition) is 0. The Morgan fingerprint density at radius 2 is 1.62 bits per heavy atom. The van der Waals surface area contributed by atoms with Crippen molar-refractivity contribution in [3.63, 3.8) is 0 Å². The van der Waals surface area contributed by atoms with Crippen LogP contribution in [0.2, 0.25) is 0 Å². The Balaban J connectivity index is 0.000000980. The van der Waals surface area contributed by atoms with Crippen molar-refractivity contribution in [3.8, 4) is 11.1 Å². The molecule has 26 heavy (non-hydrogen) atoms. The van der Waals surface area contributed by atoms with Gasteiger partial charge >= 0.3 is 149 Å². The normalized spacial score (nSPS) is 16.7. The molecule has 127 valence electrons. The van der Waals surface area contributed by atoms with Crippen LogP contribution in [0.1, 0.15) is 17.0 Å². The minimum absolute atomic E-state index is 0. The topological polar surface area (TPSA) is 12.9 Å². The third-order valence-corrected chi connectivity index (χ3v) is 5.56. The Morgan fingerprint density at radius 1 is 0.846 bits per heavy atom. The number of allylic oxidation sites excluding steroid dienone is 5. The molecular weight excluding hydrogens is 401 g/mol. The zero-order valence-corrected chi connectivity index (χ0v) is 16.5. The van der Waals surface area contributed by atoms with Gasteiger partial charge in [-0.3, -0.25) is 0 Å². The van der Waals surface area contributed by atoms with Gasteiger partial charge < -0.3 is 24.8 Å². The van der Waals surface area contributed by atoms with Crippen LogP contribution in [-0.4, -0.2) is 4.98 Å². The molecule has 1 nitrogen and oxygen atoms in total. The molecule has 1 atom stereocenters. The molecule has 0 aliphatic heterocycles. The van der Waals surface area contributed by atoms with Gasteiger partial charge in [0.15, 0.2) is 0 Å². The molecule has 0 bridgehead atoms. The fourth-order valence-corrected chi connectivity index (χ4v) is 4.46. The van der Waals surface area contributed by atoms with Crippen molar-refractivity contribution >= 4 is 15.3 Å². The minimum atomic E-state index is 0. The molecule has 4 heteroatoms. The first-order chi connectivity index (χ1) is 11.8. The van der Waals surface area contributed by atoms with E-state index in [-0.39, 0.29) is 24.8 Å². The summed E-state index contributed by atoms with van der Waals surface area (Å²) >= 11 is 3.33. The van der Waals surface area contributed by atoms with E-state index in [1.165, 1.54) is 37.6 Å². The number of para-hydroxylation sites is 1. The molecule has 0 saturated carbocycles. The van der Waals surface area contributed by atoms with Crippen molar-refractivity contribution in [3.05, 3.63) is 95.7 Å². The number of rotatable bonds is 1. The Hall–Kier alpha value is -1.82. The molecule has 0 radical (unpaired) electrons. The van der Waals surface area contributed by atoms with Crippen LogP contribution in [0.4, 0.5) is 0 Å². The summed E-state index contributed by atoms with van der Waals surface area (Å²) in [5, 5.41) is 1.18. The predicted octanol–water partition coefficient (Wildman–Crippen LogP) is -0.609. The first-order valence-corrected chi connectivity index (χ1v) is 8.72. The van der Waals surface area contributed by atoms with E-state index in [4.69, 9.17) is 0 Å². The van der Waals surface area contributed by atoms with E-state index < -0.39 is 0 Å². The van der Waals surface area contributed by atoms with Crippen LogP contribution in [0.5, 0.6) is 0 Å². The van der Waals surface area contributed by atoms with E-state index in [1.807, 2.05) is 12.3 Å². The van der Waals surface area contributed by atoms with Crippen molar-refractivity contribution in [2.75, 3.05) is 0 Å². The summed E-state index contributed by atoms with van der Waals surface area (Å²) in [7, 11) is 0. The van der Waals surface area contributed by atoms with Crippen molar-refractivity contribution < 1.29 is 41.1 Å². The Bertz CT molecular complexity index is 1080. The number of benzene rings is 2. The van der Waals surface area contributed by atoms with Gasteiger partial charge in [-0.15, -0.1) is 0 Å². The average Bonchev–Trinajstić information content (AvgIpc) is 2.95. The number of fused-ring (bicyclic) bond motifs is 4. The van der Waals surface area contributed by atoms with Crippen LogP contribution in [-0.2, 0) is 16.3 Å². The first kappa shape index (κ1) is 19.0. The monoisotopic (exact) mass is 414 g/mol. The van der Waals surface area contributed by atoms with Crippen molar-refractivity contribution in [2.45, 2.75) is 5.92 Å². The molecule has 3 aromatic rings. The van der Waals surface area contributed by atoms with Crippen LogP contribution >= 0.6 is 0 Å². The summed E-state index contributed by atoms with van der Waals surface area (Å²) < 4.78 is 1.26. The summed E-state index contributed by atoms with van der Waals surface area (Å²) in [5.41, 5.74) is 7.59. The summed E-state index contributed by atoms with van der Waals surface area (Å²) in [6.07, 6.45) is 10.6. The fraction of sp³-hybridized carbons (Fsp3) is 0.0455. The summed E-state index contributed by atoms with van der Waals surface area (Å²) in [6, 6.07) is 17.2. The molecule has 0 spiro atoms. The Kier molecular flexibility index (Phi) is 5.42. The maximum absolute atomic E-state index is 4.64. The van der Waals surface area contributed by atoms with Crippen LogP contribution in [0.15, 0.2) is 84.6 Å². The molecule has 1 aromatic heterocycles. The van der Waals surface area contributed by atoms with E-state index >= 15 is 0 Å². The third-order valence-electron chi connectivity index (χ3n) is 4.87. The third kappa shape index (κ3) is 2.75. The van der Waals surface area contributed by atoms with Crippen LogP contribution in [0.3, 0.4) is 0 Å². The second kappa shape index (κ2) is 7.43. The molecule has 0 saturated heterocycles. The number of aromatic nitrogens is 1. The van der Waals surface area contributed by atoms with Gasteiger partial charge in [-0.25, -0.2) is 0 Å². The predicted molar refractivity (Wildman–Crippen MR) is 95.1 cm³/mol. The van der Waals surface area contributed by atoms with E-state index in [0.717, 1.165) is 5.52 Å². The SMILES string of the molecule is [Cl-].[Cl-].[Cr+2][C]1=C2C=CC=CC2c2cccc(-c3cccc4cccnc34)c21. The molecule has 2 aliphatic rings.